The Balaban J connectivity index is 2.11. The van der Waals surface area contributed by atoms with Crippen molar-refractivity contribution in [3.05, 3.63) is 71.8 Å². The van der Waals surface area contributed by atoms with E-state index in [2.05, 4.69) is 10.1 Å². The highest BCUT2D eigenvalue weighted by Gasteiger charge is 2.30. The van der Waals surface area contributed by atoms with Crippen LogP contribution in [0, 0.1) is 0 Å². The summed E-state index contributed by atoms with van der Waals surface area (Å²) in [6.07, 6.45) is 0.0798. The third-order valence-electron chi connectivity index (χ3n) is 3.27. The number of Topliss-reactive ketones (excluding diaryl/α,β-unsaturated/α-hetero) is 1. The highest BCUT2D eigenvalue weighted by molar-refractivity contribution is 6.13. The van der Waals surface area contributed by atoms with Gasteiger partial charge < -0.3 is 10.1 Å². The molecule has 5 heteroatoms. The number of hydrogen-bond donors (Lipinski definition) is 1. The monoisotopic (exact) mass is 311 g/mol. The van der Waals surface area contributed by atoms with E-state index >= 15 is 0 Å². The molecule has 1 N–H and O–H groups in total. The predicted molar refractivity (Wildman–Crippen MR) is 84.9 cm³/mol. The van der Waals surface area contributed by atoms with Crippen LogP contribution in [0.1, 0.15) is 15.9 Å². The zero-order valence-electron chi connectivity index (χ0n) is 12.7. The van der Waals surface area contributed by atoms with E-state index < -0.39 is 23.7 Å². The number of rotatable bonds is 6. The Morgan fingerprint density at radius 3 is 2.09 bits per heavy atom. The number of carbonyl (C=O) groups excluding carboxylic acids is 3. The highest BCUT2D eigenvalue weighted by atomic mass is 16.5. The van der Waals surface area contributed by atoms with Gasteiger partial charge in [-0.2, -0.15) is 0 Å². The van der Waals surface area contributed by atoms with Gasteiger partial charge in [-0.1, -0.05) is 60.7 Å². The maximum Gasteiger partial charge on any atom is 0.336 e. The van der Waals surface area contributed by atoms with Crippen molar-refractivity contribution in [2.45, 2.75) is 12.5 Å². The maximum atomic E-state index is 12.4. The molecule has 1 atom stereocenters. The number of amides is 1. The molecule has 118 valence electrons. The lowest BCUT2D eigenvalue weighted by atomic mass is 10.0. The summed E-state index contributed by atoms with van der Waals surface area (Å²) in [5.74, 6) is -1.71. The third-order valence-corrected chi connectivity index (χ3v) is 3.27. The Morgan fingerprint density at radius 1 is 0.957 bits per heavy atom. The van der Waals surface area contributed by atoms with E-state index in [4.69, 9.17) is 0 Å². The van der Waals surface area contributed by atoms with E-state index in [1.165, 1.54) is 7.11 Å². The van der Waals surface area contributed by atoms with Gasteiger partial charge in [0, 0.05) is 5.56 Å². The average Bonchev–Trinajstić information content (AvgIpc) is 2.60. The molecule has 0 aliphatic carbocycles. The summed E-state index contributed by atoms with van der Waals surface area (Å²) in [4.78, 5) is 36.4. The summed E-state index contributed by atoms with van der Waals surface area (Å²) >= 11 is 0. The molecular formula is C18H17NO4. The van der Waals surface area contributed by atoms with Crippen LogP contribution < -0.4 is 5.32 Å². The first-order valence-electron chi connectivity index (χ1n) is 7.12. The third kappa shape index (κ3) is 4.51. The Hall–Kier alpha value is -2.95. The lowest BCUT2D eigenvalue weighted by Crippen LogP contribution is -2.47. The number of hydrogen-bond acceptors (Lipinski definition) is 4. The second-order valence-electron chi connectivity index (χ2n) is 4.92. The second-order valence-corrected chi connectivity index (χ2v) is 4.92. The van der Waals surface area contributed by atoms with E-state index in [1.807, 2.05) is 18.2 Å². The standard InChI is InChI=1S/C18H17NO4/c1-23-18(22)16(17(21)14-10-6-3-7-11-14)19-15(20)12-13-8-4-2-5-9-13/h2-11,16H,12H2,1H3,(H,19,20). The number of esters is 1. The zero-order valence-corrected chi connectivity index (χ0v) is 12.7. The molecule has 2 aromatic carbocycles. The van der Waals surface area contributed by atoms with Crippen LogP contribution in [-0.4, -0.2) is 30.8 Å². The van der Waals surface area contributed by atoms with Crippen LogP contribution in [0.5, 0.6) is 0 Å². The van der Waals surface area contributed by atoms with Gasteiger partial charge in [0.1, 0.15) is 0 Å². The van der Waals surface area contributed by atoms with E-state index in [0.717, 1.165) is 5.56 Å². The van der Waals surface area contributed by atoms with Crippen molar-refractivity contribution < 1.29 is 19.1 Å². The van der Waals surface area contributed by atoms with Crippen LogP contribution in [0.2, 0.25) is 0 Å². The van der Waals surface area contributed by atoms with Crippen molar-refractivity contribution in [1.82, 2.24) is 5.32 Å². The van der Waals surface area contributed by atoms with Crippen LogP contribution in [0.25, 0.3) is 0 Å². The fraction of sp³-hybridized carbons (Fsp3) is 0.167. The number of nitrogens with one attached hydrogen (secondary N) is 1. The van der Waals surface area contributed by atoms with Gasteiger partial charge in [0.05, 0.1) is 13.5 Å². The summed E-state index contributed by atoms with van der Waals surface area (Å²) in [6.45, 7) is 0. The van der Waals surface area contributed by atoms with Crippen molar-refractivity contribution in [1.29, 1.82) is 0 Å². The average molecular weight is 311 g/mol. The molecule has 23 heavy (non-hydrogen) atoms. The van der Waals surface area contributed by atoms with Crippen LogP contribution >= 0.6 is 0 Å². The van der Waals surface area contributed by atoms with Crippen LogP contribution in [0.3, 0.4) is 0 Å². The van der Waals surface area contributed by atoms with E-state index in [0.29, 0.717) is 5.56 Å². The SMILES string of the molecule is COC(=O)C(NC(=O)Cc1ccccc1)C(=O)c1ccccc1. The smallest absolute Gasteiger partial charge is 0.336 e. The number of ketones is 1. The van der Waals surface area contributed by atoms with Crippen molar-refractivity contribution >= 4 is 17.7 Å². The first kappa shape index (κ1) is 16.4. The number of benzene rings is 2. The minimum absolute atomic E-state index is 0.0798. The predicted octanol–water partition coefficient (Wildman–Crippen LogP) is 1.77. The van der Waals surface area contributed by atoms with Crippen molar-refractivity contribution in [3.63, 3.8) is 0 Å². The lowest BCUT2D eigenvalue weighted by Gasteiger charge is -2.15. The molecule has 2 aromatic rings. The molecule has 5 nitrogen and oxygen atoms in total. The summed E-state index contributed by atoms with van der Waals surface area (Å²) in [5.41, 5.74) is 1.13. The van der Waals surface area contributed by atoms with Crippen molar-refractivity contribution in [2.75, 3.05) is 7.11 Å². The number of ether oxygens (including phenoxy) is 1. The van der Waals surface area contributed by atoms with Crippen molar-refractivity contribution in [2.24, 2.45) is 0 Å². The van der Waals surface area contributed by atoms with Gasteiger partial charge in [-0.15, -0.1) is 0 Å². The minimum Gasteiger partial charge on any atom is -0.467 e. The first-order valence-corrected chi connectivity index (χ1v) is 7.12. The fourth-order valence-electron chi connectivity index (χ4n) is 2.11. The normalized spacial score (nSPS) is 11.3. The molecule has 0 aliphatic heterocycles. The largest absolute Gasteiger partial charge is 0.467 e. The molecule has 1 amide bonds. The molecule has 2 rings (SSSR count). The first-order chi connectivity index (χ1) is 11.1. The van der Waals surface area contributed by atoms with Crippen LogP contribution in [-0.2, 0) is 20.7 Å². The Kier molecular flexibility index (Phi) is 5.63. The van der Waals surface area contributed by atoms with Crippen LogP contribution in [0.15, 0.2) is 60.7 Å². The molecule has 0 aliphatic rings. The van der Waals surface area contributed by atoms with Crippen LogP contribution in [0.4, 0.5) is 0 Å². The van der Waals surface area contributed by atoms with Gasteiger partial charge in [0.2, 0.25) is 5.91 Å². The molecule has 0 aromatic heterocycles. The topological polar surface area (TPSA) is 72.5 Å². The Morgan fingerprint density at radius 2 is 1.52 bits per heavy atom. The van der Waals surface area contributed by atoms with E-state index in [-0.39, 0.29) is 6.42 Å². The summed E-state index contributed by atoms with van der Waals surface area (Å²) in [6, 6.07) is 16.0. The van der Waals surface area contributed by atoms with Crippen molar-refractivity contribution in [3.8, 4) is 0 Å². The van der Waals surface area contributed by atoms with E-state index in [1.54, 1.807) is 42.5 Å². The van der Waals surface area contributed by atoms with E-state index in [9.17, 15) is 14.4 Å². The Labute approximate surface area is 134 Å². The van der Waals surface area contributed by atoms with Gasteiger partial charge in [0.15, 0.2) is 11.8 Å². The lowest BCUT2D eigenvalue weighted by molar-refractivity contribution is -0.143. The molecule has 0 bridgehead atoms. The Bertz CT molecular complexity index is 683. The molecule has 0 fully saturated rings. The van der Waals surface area contributed by atoms with Gasteiger partial charge >= 0.3 is 5.97 Å². The summed E-state index contributed by atoms with van der Waals surface area (Å²) in [7, 11) is 1.18. The summed E-state index contributed by atoms with van der Waals surface area (Å²) < 4.78 is 4.63. The molecule has 0 heterocycles. The molecule has 0 spiro atoms. The molecule has 0 saturated carbocycles. The minimum atomic E-state index is -1.35. The van der Waals surface area contributed by atoms with Gasteiger partial charge in [-0.05, 0) is 5.56 Å². The summed E-state index contributed by atoms with van der Waals surface area (Å²) in [5, 5.41) is 2.45. The zero-order chi connectivity index (χ0) is 16.7. The number of methoxy groups -OCH3 is 1. The molecular weight excluding hydrogens is 294 g/mol. The second kappa shape index (κ2) is 7.89. The quantitative estimate of drug-likeness (QED) is 0.501. The fourth-order valence-corrected chi connectivity index (χ4v) is 2.11. The van der Waals surface area contributed by atoms with Gasteiger partial charge in [0.25, 0.3) is 0 Å². The molecule has 1 unspecified atom stereocenters. The number of carbonyl (C=O) groups is 3. The molecule has 0 radical (unpaired) electrons. The maximum absolute atomic E-state index is 12.4. The van der Waals surface area contributed by atoms with Gasteiger partial charge in [-0.3, -0.25) is 9.59 Å². The molecule has 0 saturated heterocycles. The van der Waals surface area contributed by atoms with Gasteiger partial charge in [-0.25, -0.2) is 4.79 Å². The highest BCUT2D eigenvalue weighted by Crippen LogP contribution is 2.06.